The largest absolute Gasteiger partial charge is 0.498 e. The smallest absolute Gasteiger partial charge is 0.0984 e. The summed E-state index contributed by atoms with van der Waals surface area (Å²) in [5, 5.41) is 3.71. The molecule has 0 radical (unpaired) electrons. The van der Waals surface area contributed by atoms with E-state index in [2.05, 4.69) is 52.9 Å². The predicted molar refractivity (Wildman–Crippen MR) is 134 cm³/mol. The molecule has 2 nitrogen and oxygen atoms in total. The molecule has 178 valence electrons. The zero-order valence-corrected chi connectivity index (χ0v) is 21.6. The van der Waals surface area contributed by atoms with E-state index >= 15 is 0 Å². The van der Waals surface area contributed by atoms with E-state index in [9.17, 15) is 0 Å². The highest BCUT2D eigenvalue weighted by atomic mass is 16.5. The van der Waals surface area contributed by atoms with Gasteiger partial charge in [0.15, 0.2) is 0 Å². The Balaban J connectivity index is 1.91. The lowest BCUT2D eigenvalue weighted by Gasteiger charge is -2.45. The Morgan fingerprint density at radius 1 is 0.700 bits per heavy atom. The van der Waals surface area contributed by atoms with Crippen molar-refractivity contribution in [1.82, 2.24) is 5.32 Å². The summed E-state index contributed by atoms with van der Waals surface area (Å²) >= 11 is 0. The Bertz CT molecular complexity index is 452. The third-order valence-corrected chi connectivity index (χ3v) is 6.92. The van der Waals surface area contributed by atoms with Crippen molar-refractivity contribution in [3.05, 3.63) is 11.8 Å². The van der Waals surface area contributed by atoms with Gasteiger partial charge in [-0.1, -0.05) is 110 Å². The number of unbranched alkanes of at least 4 members (excludes halogenated alkanes) is 15. The molecule has 0 bridgehead atoms. The van der Waals surface area contributed by atoms with Gasteiger partial charge in [0.05, 0.1) is 12.4 Å². The summed E-state index contributed by atoms with van der Waals surface area (Å²) in [7, 11) is 0. The Morgan fingerprint density at radius 2 is 1.10 bits per heavy atom. The highest BCUT2D eigenvalue weighted by Crippen LogP contribution is 2.33. The fraction of sp³-hybridized carbons (Fsp3) is 0.929. The fourth-order valence-corrected chi connectivity index (χ4v) is 4.82. The van der Waals surface area contributed by atoms with E-state index in [4.69, 9.17) is 4.74 Å². The van der Waals surface area contributed by atoms with Crippen LogP contribution in [-0.4, -0.2) is 17.7 Å². The quantitative estimate of drug-likeness (QED) is 0.223. The molecule has 1 aliphatic heterocycles. The summed E-state index contributed by atoms with van der Waals surface area (Å²) in [4.78, 5) is 0. The van der Waals surface area contributed by atoms with E-state index in [-0.39, 0.29) is 11.1 Å². The first kappa shape index (κ1) is 27.5. The van der Waals surface area contributed by atoms with Crippen LogP contribution in [0.2, 0.25) is 0 Å². The number of hydrogen-bond donors (Lipinski definition) is 1. The van der Waals surface area contributed by atoms with Crippen LogP contribution in [0.3, 0.4) is 0 Å². The van der Waals surface area contributed by atoms with Gasteiger partial charge in [-0.2, -0.15) is 0 Å². The lowest BCUT2D eigenvalue weighted by Crippen LogP contribution is -2.58. The van der Waals surface area contributed by atoms with Gasteiger partial charge in [-0.05, 0) is 40.2 Å². The molecular formula is C28H55NO. The van der Waals surface area contributed by atoms with Gasteiger partial charge >= 0.3 is 0 Å². The van der Waals surface area contributed by atoms with Crippen molar-refractivity contribution >= 4 is 0 Å². The summed E-state index contributed by atoms with van der Waals surface area (Å²) in [5.74, 6) is 1.61. The molecular weight excluding hydrogens is 366 g/mol. The fourth-order valence-electron chi connectivity index (χ4n) is 4.82. The second-order valence-corrected chi connectivity index (χ2v) is 11.0. The Kier molecular flexibility index (Phi) is 14.1. The standard InChI is InChI=1S/C28H55NO/c1-7-8-9-10-11-12-13-14-15-16-17-18-19-20-21-22-23-30-26-24-27(3,4)29-28(5,6)25(26)2/h24-25,29H,7-23H2,1-6H3. The van der Waals surface area contributed by atoms with Crippen LogP contribution in [0.4, 0.5) is 0 Å². The second-order valence-electron chi connectivity index (χ2n) is 11.0. The number of nitrogens with one attached hydrogen (secondary N) is 1. The van der Waals surface area contributed by atoms with E-state index in [1.165, 1.54) is 108 Å². The zero-order chi connectivity index (χ0) is 22.3. The van der Waals surface area contributed by atoms with Crippen LogP contribution in [0.15, 0.2) is 11.8 Å². The van der Waals surface area contributed by atoms with Crippen LogP contribution in [0, 0.1) is 5.92 Å². The molecule has 0 fully saturated rings. The second kappa shape index (κ2) is 15.3. The molecule has 1 heterocycles. The van der Waals surface area contributed by atoms with Gasteiger partial charge < -0.3 is 10.1 Å². The van der Waals surface area contributed by atoms with Crippen LogP contribution in [-0.2, 0) is 4.74 Å². The topological polar surface area (TPSA) is 21.3 Å². The Labute approximate surface area is 190 Å². The lowest BCUT2D eigenvalue weighted by atomic mass is 9.79. The van der Waals surface area contributed by atoms with Crippen molar-refractivity contribution in [3.8, 4) is 0 Å². The van der Waals surface area contributed by atoms with E-state index in [0.717, 1.165) is 6.61 Å². The van der Waals surface area contributed by atoms with Gasteiger partial charge in [-0.25, -0.2) is 0 Å². The predicted octanol–water partition coefficient (Wildman–Crippen LogP) is 8.94. The highest BCUT2D eigenvalue weighted by Gasteiger charge is 2.38. The van der Waals surface area contributed by atoms with Crippen molar-refractivity contribution in [2.24, 2.45) is 5.92 Å². The van der Waals surface area contributed by atoms with E-state index in [1.54, 1.807) is 0 Å². The molecule has 0 aromatic heterocycles. The molecule has 1 atom stereocenters. The molecule has 0 aromatic carbocycles. The van der Waals surface area contributed by atoms with Crippen LogP contribution in [0.5, 0.6) is 0 Å². The average Bonchev–Trinajstić information content (AvgIpc) is 2.67. The summed E-state index contributed by atoms with van der Waals surface area (Å²) in [6.45, 7) is 14.5. The van der Waals surface area contributed by atoms with E-state index in [0.29, 0.717) is 5.92 Å². The summed E-state index contributed by atoms with van der Waals surface area (Å²) in [5.41, 5.74) is 0.0994. The summed E-state index contributed by atoms with van der Waals surface area (Å²) in [6.07, 6.45) is 24.9. The normalized spacial score (nSPS) is 20.2. The summed E-state index contributed by atoms with van der Waals surface area (Å²) < 4.78 is 6.21. The minimum atomic E-state index is 0.0139. The minimum absolute atomic E-state index is 0.0139. The monoisotopic (exact) mass is 421 g/mol. The molecule has 2 heteroatoms. The lowest BCUT2D eigenvalue weighted by molar-refractivity contribution is 0.108. The molecule has 1 unspecified atom stereocenters. The maximum atomic E-state index is 6.21. The molecule has 1 rings (SSSR count). The van der Waals surface area contributed by atoms with Crippen LogP contribution >= 0.6 is 0 Å². The van der Waals surface area contributed by atoms with Gasteiger partial charge in [0.25, 0.3) is 0 Å². The van der Waals surface area contributed by atoms with Crippen LogP contribution in [0.25, 0.3) is 0 Å². The average molecular weight is 422 g/mol. The van der Waals surface area contributed by atoms with E-state index in [1.807, 2.05) is 0 Å². The van der Waals surface area contributed by atoms with Gasteiger partial charge in [0.2, 0.25) is 0 Å². The molecule has 0 amide bonds. The van der Waals surface area contributed by atoms with Crippen molar-refractivity contribution < 1.29 is 4.74 Å². The molecule has 1 N–H and O–H groups in total. The van der Waals surface area contributed by atoms with Crippen molar-refractivity contribution in [1.29, 1.82) is 0 Å². The third-order valence-electron chi connectivity index (χ3n) is 6.92. The number of ether oxygens (including phenoxy) is 1. The van der Waals surface area contributed by atoms with Gasteiger partial charge in [0.1, 0.15) is 0 Å². The van der Waals surface area contributed by atoms with Crippen molar-refractivity contribution in [2.45, 2.75) is 155 Å². The molecule has 0 spiro atoms. The molecule has 1 aliphatic rings. The maximum Gasteiger partial charge on any atom is 0.0984 e. The Morgan fingerprint density at radius 3 is 1.53 bits per heavy atom. The van der Waals surface area contributed by atoms with Gasteiger partial charge in [0, 0.05) is 17.0 Å². The highest BCUT2D eigenvalue weighted by molar-refractivity contribution is 5.19. The molecule has 0 aliphatic carbocycles. The SMILES string of the molecule is CCCCCCCCCCCCCCCCCCOC1=CC(C)(C)NC(C)(C)C1C. The summed E-state index contributed by atoms with van der Waals surface area (Å²) in [6, 6.07) is 0. The van der Waals surface area contributed by atoms with Crippen LogP contribution < -0.4 is 5.32 Å². The minimum Gasteiger partial charge on any atom is -0.498 e. The van der Waals surface area contributed by atoms with Gasteiger partial charge in [-0.15, -0.1) is 0 Å². The first-order valence-corrected chi connectivity index (χ1v) is 13.4. The van der Waals surface area contributed by atoms with Crippen LogP contribution in [0.1, 0.15) is 144 Å². The van der Waals surface area contributed by atoms with Crippen molar-refractivity contribution in [3.63, 3.8) is 0 Å². The number of rotatable bonds is 18. The van der Waals surface area contributed by atoms with Gasteiger partial charge in [-0.3, -0.25) is 0 Å². The van der Waals surface area contributed by atoms with Crippen molar-refractivity contribution in [2.75, 3.05) is 6.61 Å². The Hall–Kier alpha value is -0.500. The molecule has 0 aromatic rings. The first-order valence-electron chi connectivity index (χ1n) is 13.4. The maximum absolute atomic E-state index is 6.21. The third kappa shape index (κ3) is 12.4. The first-order chi connectivity index (χ1) is 14.3. The zero-order valence-electron chi connectivity index (χ0n) is 21.6. The molecule has 0 saturated carbocycles. The molecule has 0 saturated heterocycles. The number of hydrogen-bond acceptors (Lipinski definition) is 2. The molecule has 30 heavy (non-hydrogen) atoms. The van der Waals surface area contributed by atoms with E-state index < -0.39 is 0 Å².